The molecule has 2 heterocycles. The van der Waals surface area contributed by atoms with Gasteiger partial charge in [-0.1, -0.05) is 53.2 Å². The van der Waals surface area contributed by atoms with Crippen LogP contribution in [-0.4, -0.2) is 23.2 Å². The lowest BCUT2D eigenvalue weighted by atomic mass is 10.0. The number of rotatable bonds is 1. The standard InChI is InChI=1S/C16H12Cl2N2S.BrH/c1-9-15(20-8-7-19-16(20)21-9)11-5-6-13(18)14-10(11)3-2-4-12(14)17;/h2-6H,7-8H2,1H3;1H. The Hall–Kier alpha value is -0.680. The highest BCUT2D eigenvalue weighted by Crippen LogP contribution is 2.44. The molecule has 22 heavy (non-hydrogen) atoms. The third-order valence-electron chi connectivity index (χ3n) is 3.84. The molecule has 0 radical (unpaired) electrons. The number of benzene rings is 2. The van der Waals surface area contributed by atoms with E-state index in [1.807, 2.05) is 18.2 Å². The number of hydrogen-bond acceptors (Lipinski definition) is 3. The number of aliphatic imine (C=N–C) groups is 1. The summed E-state index contributed by atoms with van der Waals surface area (Å²) in [4.78, 5) is 8.12. The van der Waals surface area contributed by atoms with Crippen LogP contribution >= 0.6 is 51.9 Å². The zero-order valence-electron chi connectivity index (χ0n) is 11.8. The van der Waals surface area contributed by atoms with Crippen LogP contribution in [0.5, 0.6) is 0 Å². The minimum atomic E-state index is 0. The predicted octanol–water partition coefficient (Wildman–Crippen LogP) is 5.83. The van der Waals surface area contributed by atoms with Crippen LogP contribution in [-0.2, 0) is 0 Å². The molecule has 6 heteroatoms. The van der Waals surface area contributed by atoms with Gasteiger partial charge in [-0.3, -0.25) is 4.99 Å². The maximum absolute atomic E-state index is 6.35. The Morgan fingerprint density at radius 3 is 2.73 bits per heavy atom. The molecule has 0 bridgehead atoms. The van der Waals surface area contributed by atoms with Gasteiger partial charge < -0.3 is 4.90 Å². The minimum absolute atomic E-state index is 0. The molecular formula is C16H13BrCl2N2S. The molecule has 0 aromatic heterocycles. The second-order valence-electron chi connectivity index (χ2n) is 5.08. The summed E-state index contributed by atoms with van der Waals surface area (Å²) in [5.74, 6) is 0. The third kappa shape index (κ3) is 2.37. The summed E-state index contributed by atoms with van der Waals surface area (Å²) < 4.78 is 0. The lowest BCUT2D eigenvalue weighted by molar-refractivity contribution is 0.648. The van der Waals surface area contributed by atoms with Crippen molar-refractivity contribution in [2.24, 2.45) is 4.99 Å². The van der Waals surface area contributed by atoms with E-state index >= 15 is 0 Å². The molecule has 0 unspecified atom stereocenters. The fraction of sp³-hybridized carbons (Fsp3) is 0.188. The van der Waals surface area contributed by atoms with E-state index in [0.29, 0.717) is 10.0 Å². The second kappa shape index (κ2) is 6.08. The van der Waals surface area contributed by atoms with E-state index in [1.165, 1.54) is 16.2 Å². The van der Waals surface area contributed by atoms with Crippen LogP contribution < -0.4 is 0 Å². The zero-order valence-corrected chi connectivity index (χ0v) is 15.8. The van der Waals surface area contributed by atoms with Crippen LogP contribution in [0.1, 0.15) is 12.5 Å². The van der Waals surface area contributed by atoms with Gasteiger partial charge in [0, 0.05) is 32.4 Å². The first-order valence-electron chi connectivity index (χ1n) is 6.74. The highest BCUT2D eigenvalue weighted by Gasteiger charge is 2.31. The van der Waals surface area contributed by atoms with Crippen LogP contribution in [0.25, 0.3) is 16.5 Å². The molecule has 2 aromatic carbocycles. The summed E-state index contributed by atoms with van der Waals surface area (Å²) in [7, 11) is 0. The molecule has 0 saturated carbocycles. The summed E-state index contributed by atoms with van der Waals surface area (Å²) in [6.07, 6.45) is 0. The van der Waals surface area contributed by atoms with Crippen molar-refractivity contribution in [3.63, 3.8) is 0 Å². The van der Waals surface area contributed by atoms with E-state index in [2.05, 4.69) is 28.9 Å². The number of thioether (sulfide) groups is 1. The number of amidine groups is 1. The van der Waals surface area contributed by atoms with Gasteiger partial charge >= 0.3 is 0 Å². The van der Waals surface area contributed by atoms with Crippen molar-refractivity contribution in [3.05, 3.63) is 50.8 Å². The maximum atomic E-state index is 6.35. The Morgan fingerprint density at radius 2 is 1.91 bits per heavy atom. The lowest BCUT2D eigenvalue weighted by Crippen LogP contribution is -2.20. The summed E-state index contributed by atoms with van der Waals surface area (Å²) in [5, 5.41) is 4.51. The van der Waals surface area contributed by atoms with E-state index < -0.39 is 0 Å². The SMILES string of the molecule is Br.CC1=C(c2ccc(Cl)c3c(Cl)cccc23)N2CCN=C2S1. The Balaban J connectivity index is 0.00000144. The van der Waals surface area contributed by atoms with Crippen molar-refractivity contribution in [2.75, 3.05) is 13.1 Å². The molecule has 2 aromatic rings. The molecule has 0 aliphatic carbocycles. The highest BCUT2D eigenvalue weighted by atomic mass is 79.9. The van der Waals surface area contributed by atoms with Gasteiger partial charge in [0.2, 0.25) is 0 Å². The molecule has 2 aliphatic heterocycles. The smallest absolute Gasteiger partial charge is 0.168 e. The summed E-state index contributed by atoms with van der Waals surface area (Å²) in [5.41, 5.74) is 2.41. The normalized spacial score (nSPS) is 16.9. The maximum Gasteiger partial charge on any atom is 0.168 e. The average Bonchev–Trinajstić information content (AvgIpc) is 3.00. The molecule has 0 amide bonds. The van der Waals surface area contributed by atoms with Gasteiger partial charge in [-0.25, -0.2) is 0 Å². The van der Waals surface area contributed by atoms with Crippen molar-refractivity contribution in [1.82, 2.24) is 4.90 Å². The Bertz CT molecular complexity index is 824. The van der Waals surface area contributed by atoms with Crippen LogP contribution in [0.3, 0.4) is 0 Å². The van der Waals surface area contributed by atoms with E-state index in [4.69, 9.17) is 23.2 Å². The van der Waals surface area contributed by atoms with E-state index in [0.717, 1.165) is 29.0 Å². The van der Waals surface area contributed by atoms with Crippen molar-refractivity contribution in [1.29, 1.82) is 0 Å². The molecule has 0 spiro atoms. The molecule has 4 rings (SSSR count). The van der Waals surface area contributed by atoms with Gasteiger partial charge in [0.1, 0.15) is 0 Å². The first-order valence-corrected chi connectivity index (χ1v) is 8.32. The quantitative estimate of drug-likeness (QED) is 0.582. The Labute approximate surface area is 153 Å². The van der Waals surface area contributed by atoms with Crippen molar-refractivity contribution in [2.45, 2.75) is 6.92 Å². The highest BCUT2D eigenvalue weighted by molar-refractivity contribution is 8.93. The van der Waals surface area contributed by atoms with Gasteiger partial charge in [-0.15, -0.1) is 17.0 Å². The largest absolute Gasteiger partial charge is 0.318 e. The molecule has 2 nitrogen and oxygen atoms in total. The molecule has 2 aliphatic rings. The van der Waals surface area contributed by atoms with Crippen LogP contribution in [0.4, 0.5) is 0 Å². The number of nitrogens with zero attached hydrogens (tertiary/aromatic N) is 2. The van der Waals surface area contributed by atoms with Crippen LogP contribution in [0, 0.1) is 0 Å². The van der Waals surface area contributed by atoms with Gasteiger partial charge in [0.25, 0.3) is 0 Å². The van der Waals surface area contributed by atoms with E-state index in [9.17, 15) is 0 Å². The molecule has 0 N–H and O–H groups in total. The molecular weight excluding hydrogens is 403 g/mol. The first kappa shape index (κ1) is 16.2. The Kier molecular flexibility index (Phi) is 4.47. The monoisotopic (exact) mass is 414 g/mol. The lowest BCUT2D eigenvalue weighted by Gasteiger charge is -2.19. The molecule has 0 fully saturated rings. The number of allylic oxidation sites excluding steroid dienone is 1. The third-order valence-corrected chi connectivity index (χ3v) is 5.50. The summed E-state index contributed by atoms with van der Waals surface area (Å²) >= 11 is 14.4. The fourth-order valence-corrected chi connectivity index (χ4v) is 4.59. The summed E-state index contributed by atoms with van der Waals surface area (Å²) in [6, 6.07) is 9.95. The van der Waals surface area contributed by atoms with Crippen molar-refractivity contribution < 1.29 is 0 Å². The topological polar surface area (TPSA) is 15.6 Å². The summed E-state index contributed by atoms with van der Waals surface area (Å²) in [6.45, 7) is 3.96. The van der Waals surface area contributed by atoms with Crippen LogP contribution in [0.2, 0.25) is 10.0 Å². The van der Waals surface area contributed by atoms with Crippen LogP contribution in [0.15, 0.2) is 40.2 Å². The second-order valence-corrected chi connectivity index (χ2v) is 7.08. The number of halogens is 3. The molecule has 0 atom stereocenters. The van der Waals surface area contributed by atoms with Gasteiger partial charge in [0.15, 0.2) is 5.17 Å². The minimum Gasteiger partial charge on any atom is -0.318 e. The molecule has 114 valence electrons. The first-order chi connectivity index (χ1) is 10.2. The van der Waals surface area contributed by atoms with Gasteiger partial charge in [-0.2, -0.15) is 0 Å². The fourth-order valence-electron chi connectivity index (χ4n) is 2.96. The molecule has 0 saturated heterocycles. The van der Waals surface area contributed by atoms with Gasteiger partial charge in [0.05, 0.1) is 12.2 Å². The van der Waals surface area contributed by atoms with Gasteiger partial charge in [-0.05, 0) is 24.4 Å². The van der Waals surface area contributed by atoms with Crippen molar-refractivity contribution >= 4 is 73.6 Å². The Morgan fingerprint density at radius 1 is 1.14 bits per heavy atom. The average molecular weight is 416 g/mol. The number of hydrogen-bond donors (Lipinski definition) is 0. The van der Waals surface area contributed by atoms with Crippen molar-refractivity contribution in [3.8, 4) is 0 Å². The number of fused-ring (bicyclic) bond motifs is 2. The van der Waals surface area contributed by atoms with E-state index in [-0.39, 0.29) is 17.0 Å². The van der Waals surface area contributed by atoms with E-state index in [1.54, 1.807) is 11.8 Å². The predicted molar refractivity (Wildman–Crippen MR) is 103 cm³/mol. The zero-order chi connectivity index (χ0) is 14.6.